The minimum atomic E-state index is -0.758. The Balaban J connectivity index is 2.37. The number of hydrogen-bond acceptors (Lipinski definition) is 4. The van der Waals surface area contributed by atoms with Gasteiger partial charge in [0.2, 0.25) is 0 Å². The van der Waals surface area contributed by atoms with Crippen LogP contribution in [-0.4, -0.2) is 16.1 Å². The topological polar surface area (TPSA) is 50.2 Å². The minimum absolute atomic E-state index is 0.0557. The van der Waals surface area contributed by atoms with Crippen molar-refractivity contribution < 1.29 is 9.90 Å². The summed E-state index contributed by atoms with van der Waals surface area (Å²) in [5.74, 6) is -0.758. The fourth-order valence-corrected chi connectivity index (χ4v) is 3.90. The second kappa shape index (κ2) is 5.43. The number of nitrogens with zero attached hydrogens (tertiary/aromatic N) is 1. The van der Waals surface area contributed by atoms with Gasteiger partial charge in [-0.3, -0.25) is 4.79 Å². The van der Waals surface area contributed by atoms with Gasteiger partial charge in [0, 0.05) is 10.3 Å². The molecule has 0 aromatic carbocycles. The zero-order valence-corrected chi connectivity index (χ0v) is 12.9. The number of carboxylic acids is 1. The van der Waals surface area contributed by atoms with Crippen LogP contribution in [-0.2, 0) is 16.6 Å². The number of thiophene rings is 1. The van der Waals surface area contributed by atoms with E-state index >= 15 is 0 Å². The first kappa shape index (κ1) is 14.2. The Morgan fingerprint density at radius 1 is 1.42 bits per heavy atom. The Bertz CT molecular complexity index is 565. The average molecular weight is 295 g/mol. The number of thiazole rings is 1. The summed E-state index contributed by atoms with van der Waals surface area (Å²) in [6, 6.07) is 4.06. The van der Waals surface area contributed by atoms with Crippen LogP contribution >= 0.6 is 22.7 Å². The maximum atomic E-state index is 10.8. The lowest BCUT2D eigenvalue weighted by Crippen LogP contribution is -2.14. The molecule has 0 saturated heterocycles. The third kappa shape index (κ3) is 3.42. The van der Waals surface area contributed by atoms with Gasteiger partial charge in [-0.1, -0.05) is 26.8 Å². The van der Waals surface area contributed by atoms with Crippen molar-refractivity contribution in [1.29, 1.82) is 0 Å². The van der Waals surface area contributed by atoms with Gasteiger partial charge in [-0.05, 0) is 17.9 Å². The van der Waals surface area contributed by atoms with Crippen molar-refractivity contribution in [3.63, 3.8) is 0 Å². The summed E-state index contributed by atoms with van der Waals surface area (Å²) in [5, 5.41) is 11.9. The molecule has 0 bridgehead atoms. The Morgan fingerprint density at radius 3 is 2.68 bits per heavy atom. The quantitative estimate of drug-likeness (QED) is 0.920. The van der Waals surface area contributed by atoms with Gasteiger partial charge >= 0.3 is 5.97 Å². The average Bonchev–Trinajstić information content (AvgIpc) is 2.94. The maximum Gasteiger partial charge on any atom is 0.303 e. The van der Waals surface area contributed by atoms with Crippen molar-refractivity contribution in [3.05, 3.63) is 28.1 Å². The molecule has 0 radical (unpaired) electrons. The summed E-state index contributed by atoms with van der Waals surface area (Å²) in [6.45, 7) is 6.35. The van der Waals surface area contributed by atoms with Crippen molar-refractivity contribution in [3.8, 4) is 9.88 Å². The van der Waals surface area contributed by atoms with Gasteiger partial charge in [-0.2, -0.15) is 0 Å². The molecule has 3 nitrogen and oxygen atoms in total. The van der Waals surface area contributed by atoms with Crippen LogP contribution in [0.5, 0.6) is 0 Å². The molecule has 0 atom stereocenters. The van der Waals surface area contributed by atoms with Crippen LogP contribution in [0.15, 0.2) is 17.5 Å². The Kier molecular flexibility index (Phi) is 4.06. The number of aromatic nitrogens is 1. The molecule has 0 spiro atoms. The standard InChI is InChI=1S/C14H17NO2S2/c1-14(2,3)12-9(6-7-11(16)17)19-13(15-12)10-5-4-8-18-10/h4-5,8H,6-7H2,1-3H3,(H,16,17). The Hall–Kier alpha value is -1.20. The second-order valence-corrected chi connectivity index (χ2v) is 7.44. The molecule has 0 saturated carbocycles. The van der Waals surface area contributed by atoms with E-state index in [1.807, 2.05) is 11.4 Å². The van der Waals surface area contributed by atoms with E-state index in [1.54, 1.807) is 22.7 Å². The van der Waals surface area contributed by atoms with E-state index in [2.05, 4.69) is 26.8 Å². The van der Waals surface area contributed by atoms with E-state index in [4.69, 9.17) is 10.1 Å². The molecule has 0 fully saturated rings. The van der Waals surface area contributed by atoms with Crippen LogP contribution in [0.3, 0.4) is 0 Å². The lowest BCUT2D eigenvalue weighted by Gasteiger charge is -2.17. The monoisotopic (exact) mass is 295 g/mol. The van der Waals surface area contributed by atoms with Gasteiger partial charge in [-0.25, -0.2) is 4.98 Å². The van der Waals surface area contributed by atoms with Crippen molar-refractivity contribution in [2.24, 2.45) is 0 Å². The third-order valence-electron chi connectivity index (χ3n) is 2.71. The van der Waals surface area contributed by atoms with E-state index in [0.29, 0.717) is 6.42 Å². The SMILES string of the molecule is CC(C)(C)c1nc(-c2cccs2)sc1CCC(=O)O. The second-order valence-electron chi connectivity index (χ2n) is 5.41. The molecule has 2 aromatic rings. The molecule has 102 valence electrons. The molecule has 0 aliphatic rings. The van der Waals surface area contributed by atoms with Gasteiger partial charge in [0.15, 0.2) is 0 Å². The van der Waals surface area contributed by atoms with E-state index in [0.717, 1.165) is 20.5 Å². The predicted molar refractivity (Wildman–Crippen MR) is 80.1 cm³/mol. The molecule has 2 heterocycles. The number of carboxylic acid groups (broad SMARTS) is 1. The van der Waals surface area contributed by atoms with E-state index < -0.39 is 5.97 Å². The smallest absolute Gasteiger partial charge is 0.303 e. The zero-order valence-electron chi connectivity index (χ0n) is 11.3. The van der Waals surface area contributed by atoms with Crippen LogP contribution < -0.4 is 0 Å². The highest BCUT2D eigenvalue weighted by Gasteiger charge is 2.24. The number of aryl methyl sites for hydroxylation is 1. The zero-order chi connectivity index (χ0) is 14.0. The molecule has 1 N–H and O–H groups in total. The Labute approximate surface area is 120 Å². The number of hydrogen-bond donors (Lipinski definition) is 1. The molecule has 0 amide bonds. The van der Waals surface area contributed by atoms with Crippen molar-refractivity contribution in [2.75, 3.05) is 0 Å². The summed E-state index contributed by atoms with van der Waals surface area (Å²) >= 11 is 3.29. The largest absolute Gasteiger partial charge is 0.481 e. The summed E-state index contributed by atoms with van der Waals surface area (Å²) in [5.41, 5.74) is 0.974. The molecule has 19 heavy (non-hydrogen) atoms. The molecule has 0 aliphatic carbocycles. The first-order valence-corrected chi connectivity index (χ1v) is 7.83. The maximum absolute atomic E-state index is 10.8. The molecule has 5 heteroatoms. The van der Waals surface area contributed by atoms with Crippen LogP contribution in [0.4, 0.5) is 0 Å². The molecule has 0 aliphatic heterocycles. The lowest BCUT2D eigenvalue weighted by molar-refractivity contribution is -0.136. The number of carbonyl (C=O) groups is 1. The van der Waals surface area contributed by atoms with Crippen LogP contribution in [0.1, 0.15) is 37.8 Å². The summed E-state index contributed by atoms with van der Waals surface area (Å²) in [6.07, 6.45) is 0.722. The molecular weight excluding hydrogens is 278 g/mol. The first-order chi connectivity index (χ1) is 8.88. The summed E-state index contributed by atoms with van der Waals surface area (Å²) < 4.78 is 0. The summed E-state index contributed by atoms with van der Waals surface area (Å²) in [7, 11) is 0. The van der Waals surface area contributed by atoms with Gasteiger partial charge in [0.05, 0.1) is 17.0 Å². The normalized spacial score (nSPS) is 11.7. The van der Waals surface area contributed by atoms with Gasteiger partial charge in [0.25, 0.3) is 0 Å². The van der Waals surface area contributed by atoms with Crippen molar-refractivity contribution in [2.45, 2.75) is 39.0 Å². The van der Waals surface area contributed by atoms with E-state index in [9.17, 15) is 4.79 Å². The van der Waals surface area contributed by atoms with Crippen molar-refractivity contribution in [1.82, 2.24) is 4.98 Å². The van der Waals surface area contributed by atoms with E-state index in [1.165, 1.54) is 0 Å². The molecular formula is C14H17NO2S2. The molecule has 0 unspecified atom stereocenters. The van der Waals surface area contributed by atoms with Gasteiger partial charge in [-0.15, -0.1) is 22.7 Å². The number of rotatable bonds is 4. The fraction of sp³-hybridized carbons (Fsp3) is 0.429. The van der Waals surface area contributed by atoms with Crippen LogP contribution in [0.2, 0.25) is 0 Å². The fourth-order valence-electron chi connectivity index (χ4n) is 1.83. The van der Waals surface area contributed by atoms with Crippen LogP contribution in [0, 0.1) is 0 Å². The molecule has 2 aromatic heterocycles. The summed E-state index contributed by atoms with van der Waals surface area (Å²) in [4.78, 5) is 17.7. The number of aliphatic carboxylic acids is 1. The predicted octanol–water partition coefficient (Wildman–Crippen LogP) is 4.19. The van der Waals surface area contributed by atoms with Gasteiger partial charge < -0.3 is 5.11 Å². The lowest BCUT2D eigenvalue weighted by atomic mass is 9.90. The van der Waals surface area contributed by atoms with Crippen LogP contribution in [0.25, 0.3) is 9.88 Å². The Morgan fingerprint density at radius 2 is 2.16 bits per heavy atom. The highest BCUT2D eigenvalue weighted by molar-refractivity contribution is 7.21. The van der Waals surface area contributed by atoms with E-state index in [-0.39, 0.29) is 11.8 Å². The third-order valence-corrected chi connectivity index (χ3v) is 4.86. The van der Waals surface area contributed by atoms with Crippen molar-refractivity contribution >= 4 is 28.6 Å². The minimum Gasteiger partial charge on any atom is -0.481 e. The highest BCUT2D eigenvalue weighted by atomic mass is 32.1. The first-order valence-electron chi connectivity index (χ1n) is 6.14. The van der Waals surface area contributed by atoms with Gasteiger partial charge in [0.1, 0.15) is 5.01 Å². The molecule has 2 rings (SSSR count). The highest BCUT2D eigenvalue weighted by Crippen LogP contribution is 2.36.